The van der Waals surface area contributed by atoms with E-state index in [9.17, 15) is 25.9 Å². The molecule has 1 radical (unpaired) electrons. The third-order valence-electron chi connectivity index (χ3n) is 8.06. The van der Waals surface area contributed by atoms with Crippen LogP contribution in [0.2, 0.25) is 0 Å². The van der Waals surface area contributed by atoms with Crippen molar-refractivity contribution >= 4 is 20.2 Å². The van der Waals surface area contributed by atoms with Crippen LogP contribution < -0.4 is 0 Å². The second-order valence-corrected chi connectivity index (χ2v) is 14.8. The maximum Gasteiger partial charge on any atom is 2.00 e. The fraction of sp³-hybridized carbons (Fsp3) is 0.667. The van der Waals surface area contributed by atoms with E-state index < -0.39 is 20.2 Å². The number of unbranched alkanes of at least 4 members (excludes halogenated alkanes) is 18. The van der Waals surface area contributed by atoms with Gasteiger partial charge in [0.25, 0.3) is 0 Å². The molecule has 0 bridgehead atoms. The average Bonchev–Trinajstić information content (AvgIpc) is 2.99. The zero-order valence-corrected chi connectivity index (χ0v) is 30.3. The zero-order valence-electron chi connectivity index (χ0n) is 27.7. The monoisotopic (exact) mass is 713 g/mol. The SMILES string of the molecule is CCCCCCCCCCCCc1ccc(S(=O)(=O)[O-])cc1.CCCCCCCCCCCCc1ccc(S(=O)(=O)[O-])cc1.[Cu+2]. The molecule has 45 heavy (non-hydrogen) atoms. The Balaban J connectivity index is 0.000000842. The van der Waals surface area contributed by atoms with Crippen LogP contribution in [0.4, 0.5) is 0 Å². The van der Waals surface area contributed by atoms with Crippen molar-refractivity contribution in [1.82, 2.24) is 0 Å². The first-order valence-electron chi connectivity index (χ1n) is 17.2. The summed E-state index contributed by atoms with van der Waals surface area (Å²) in [5, 5.41) is 0. The molecular formula is C36H58CuO6S2. The summed E-state index contributed by atoms with van der Waals surface area (Å²) in [4.78, 5) is -0.279. The van der Waals surface area contributed by atoms with E-state index in [0.717, 1.165) is 36.8 Å². The number of benzene rings is 2. The van der Waals surface area contributed by atoms with E-state index in [2.05, 4.69) is 13.8 Å². The number of hydrogen-bond acceptors (Lipinski definition) is 6. The molecule has 0 unspecified atom stereocenters. The molecular weight excluding hydrogens is 656 g/mol. The van der Waals surface area contributed by atoms with Crippen LogP contribution >= 0.6 is 0 Å². The zero-order chi connectivity index (χ0) is 32.5. The number of aryl methyl sites for hydroxylation is 2. The van der Waals surface area contributed by atoms with Gasteiger partial charge in [0.15, 0.2) is 0 Å². The molecule has 0 saturated heterocycles. The summed E-state index contributed by atoms with van der Waals surface area (Å²) in [5.41, 5.74) is 2.21. The van der Waals surface area contributed by atoms with Crippen molar-refractivity contribution in [2.75, 3.05) is 0 Å². The Bertz CT molecular complexity index is 1090. The van der Waals surface area contributed by atoms with Gasteiger partial charge in [0.2, 0.25) is 0 Å². The van der Waals surface area contributed by atoms with Crippen LogP contribution in [0.25, 0.3) is 0 Å². The van der Waals surface area contributed by atoms with E-state index in [-0.39, 0.29) is 26.9 Å². The Hall–Kier alpha value is -1.22. The van der Waals surface area contributed by atoms with Crippen molar-refractivity contribution in [3.05, 3.63) is 59.7 Å². The van der Waals surface area contributed by atoms with Gasteiger partial charge in [-0.1, -0.05) is 154 Å². The second kappa shape index (κ2) is 26.8. The Labute approximate surface area is 286 Å². The summed E-state index contributed by atoms with van der Waals surface area (Å²) in [5.74, 6) is 0. The summed E-state index contributed by atoms with van der Waals surface area (Å²) in [6.45, 7) is 4.49. The van der Waals surface area contributed by atoms with Crippen molar-refractivity contribution < 1.29 is 43.0 Å². The van der Waals surface area contributed by atoms with Crippen molar-refractivity contribution in [3.8, 4) is 0 Å². The summed E-state index contributed by atoms with van der Waals surface area (Å²) < 4.78 is 65.0. The molecule has 0 atom stereocenters. The molecule has 0 heterocycles. The van der Waals surface area contributed by atoms with Gasteiger partial charge < -0.3 is 9.11 Å². The molecule has 0 aliphatic carbocycles. The third-order valence-corrected chi connectivity index (χ3v) is 9.76. The van der Waals surface area contributed by atoms with Gasteiger partial charge >= 0.3 is 17.1 Å². The molecule has 2 aromatic carbocycles. The first-order chi connectivity index (χ1) is 21.1. The molecule has 0 aromatic heterocycles. The van der Waals surface area contributed by atoms with Gasteiger partial charge in [-0.2, -0.15) is 0 Å². The van der Waals surface area contributed by atoms with Crippen molar-refractivity contribution in [3.63, 3.8) is 0 Å². The fourth-order valence-corrected chi connectivity index (χ4v) is 6.22. The van der Waals surface area contributed by atoms with Gasteiger partial charge in [-0.15, -0.1) is 0 Å². The van der Waals surface area contributed by atoms with Crippen LogP contribution in [0.15, 0.2) is 58.3 Å². The Morgan fingerprint density at radius 2 is 0.622 bits per heavy atom. The molecule has 2 rings (SSSR count). The smallest absolute Gasteiger partial charge is 0.744 e. The van der Waals surface area contributed by atoms with E-state index in [1.165, 1.54) is 140 Å². The minimum absolute atomic E-state index is 0. The molecule has 0 N–H and O–H groups in total. The molecule has 0 amide bonds. The standard InChI is InChI=1S/2C18H30O3S.Cu/c2*1-2-3-4-5-6-7-8-9-10-11-12-17-13-15-18(16-14-17)22(19,20)21;/h2*13-16H,2-12H2,1H3,(H,19,20,21);/q;;+2/p-2. The summed E-state index contributed by atoms with van der Waals surface area (Å²) in [6.07, 6.45) is 28.1. The maximum absolute atomic E-state index is 10.8. The van der Waals surface area contributed by atoms with Crippen molar-refractivity contribution in [2.45, 2.75) is 165 Å². The largest absolute Gasteiger partial charge is 2.00 e. The molecule has 0 aliphatic rings. The molecule has 261 valence electrons. The topological polar surface area (TPSA) is 114 Å². The molecule has 9 heteroatoms. The van der Waals surface area contributed by atoms with E-state index in [1.807, 2.05) is 0 Å². The van der Waals surface area contributed by atoms with Gasteiger partial charge in [0.1, 0.15) is 20.2 Å². The minimum Gasteiger partial charge on any atom is -0.744 e. The van der Waals surface area contributed by atoms with Crippen LogP contribution in [-0.2, 0) is 50.1 Å². The normalized spacial score (nSPS) is 11.5. The van der Waals surface area contributed by atoms with E-state index >= 15 is 0 Å². The van der Waals surface area contributed by atoms with Gasteiger partial charge in [0.05, 0.1) is 9.79 Å². The quantitative estimate of drug-likeness (QED) is 0.0608. The first-order valence-corrected chi connectivity index (χ1v) is 20.0. The Kier molecular flexibility index (Phi) is 26.1. The Morgan fingerprint density at radius 1 is 0.400 bits per heavy atom. The van der Waals surface area contributed by atoms with E-state index in [4.69, 9.17) is 0 Å². The molecule has 0 spiro atoms. The van der Waals surface area contributed by atoms with Crippen LogP contribution in [0.5, 0.6) is 0 Å². The predicted octanol–water partition coefficient (Wildman–Crippen LogP) is 10.1. The maximum atomic E-state index is 10.8. The second-order valence-electron chi connectivity index (χ2n) is 12.1. The van der Waals surface area contributed by atoms with E-state index in [0.29, 0.717) is 0 Å². The van der Waals surface area contributed by atoms with Gasteiger partial charge in [-0.25, -0.2) is 16.8 Å². The van der Waals surface area contributed by atoms with Crippen LogP contribution in [0.1, 0.15) is 153 Å². The Morgan fingerprint density at radius 3 is 0.844 bits per heavy atom. The average molecular weight is 715 g/mol. The van der Waals surface area contributed by atoms with Gasteiger partial charge in [-0.3, -0.25) is 0 Å². The molecule has 0 saturated carbocycles. The minimum atomic E-state index is -4.31. The van der Waals surface area contributed by atoms with Crippen LogP contribution in [0.3, 0.4) is 0 Å². The van der Waals surface area contributed by atoms with Crippen molar-refractivity contribution in [1.29, 1.82) is 0 Å². The third kappa shape index (κ3) is 23.7. The van der Waals surface area contributed by atoms with Crippen LogP contribution in [0, 0.1) is 0 Å². The fourth-order valence-electron chi connectivity index (χ4n) is 5.28. The summed E-state index contributed by atoms with van der Waals surface area (Å²) >= 11 is 0. The number of hydrogen-bond donors (Lipinski definition) is 0. The van der Waals surface area contributed by atoms with Gasteiger partial charge in [0, 0.05) is 0 Å². The summed E-state index contributed by atoms with van der Waals surface area (Å²) in [6, 6.07) is 12.6. The van der Waals surface area contributed by atoms with Crippen LogP contribution in [-0.4, -0.2) is 25.9 Å². The van der Waals surface area contributed by atoms with Gasteiger partial charge in [-0.05, 0) is 61.1 Å². The first kappa shape index (κ1) is 43.8. The molecule has 0 fully saturated rings. The van der Waals surface area contributed by atoms with Crippen molar-refractivity contribution in [2.24, 2.45) is 0 Å². The van der Waals surface area contributed by atoms with E-state index in [1.54, 1.807) is 24.3 Å². The predicted molar refractivity (Wildman–Crippen MR) is 180 cm³/mol. The molecule has 6 nitrogen and oxygen atoms in total. The summed E-state index contributed by atoms with van der Waals surface area (Å²) in [7, 11) is -8.63. The molecule has 2 aromatic rings. The number of rotatable bonds is 24. The molecule has 0 aliphatic heterocycles.